The van der Waals surface area contributed by atoms with E-state index in [0.717, 1.165) is 28.1 Å². The van der Waals surface area contributed by atoms with E-state index >= 15 is 0 Å². The van der Waals surface area contributed by atoms with Gasteiger partial charge in [-0.2, -0.15) is 5.10 Å². The van der Waals surface area contributed by atoms with Gasteiger partial charge in [-0.15, -0.1) is 0 Å². The Morgan fingerprint density at radius 2 is 1.73 bits per heavy atom. The summed E-state index contributed by atoms with van der Waals surface area (Å²) < 4.78 is 6.61. The summed E-state index contributed by atoms with van der Waals surface area (Å²) >= 11 is 0. The Balaban J connectivity index is 1.91. The molecule has 0 spiro atoms. The normalized spacial score (nSPS) is 11.3. The van der Waals surface area contributed by atoms with Crippen molar-refractivity contribution in [2.24, 2.45) is 12.0 Å². The topological polar surface area (TPSA) is 97.6 Å². The summed E-state index contributed by atoms with van der Waals surface area (Å²) in [6.45, 7) is 8.13. The van der Waals surface area contributed by atoms with Crippen LogP contribution >= 0.6 is 0 Å². The highest BCUT2D eigenvalue weighted by molar-refractivity contribution is 6.10. The highest BCUT2D eigenvalue weighted by atomic mass is 16.5. The summed E-state index contributed by atoms with van der Waals surface area (Å²) in [4.78, 5) is 29.5. The number of nitrogens with zero attached hydrogens (tertiary/aromatic N) is 3. The number of hydrogen-bond donors (Lipinski definition) is 2. The lowest BCUT2D eigenvalue weighted by molar-refractivity contribution is 0.0600. The van der Waals surface area contributed by atoms with Crippen LogP contribution in [0.1, 0.15) is 48.8 Å². The van der Waals surface area contributed by atoms with Gasteiger partial charge >= 0.3 is 5.97 Å². The number of ether oxygens (including phenoxy) is 1. The first-order valence-corrected chi connectivity index (χ1v) is 10.6. The minimum absolute atomic E-state index is 0.267. The van der Waals surface area contributed by atoms with Crippen molar-refractivity contribution >= 4 is 23.5 Å². The molecule has 1 aromatic heterocycles. The second kappa shape index (κ2) is 10.1. The van der Waals surface area contributed by atoms with E-state index in [4.69, 9.17) is 4.74 Å². The Morgan fingerprint density at radius 3 is 2.33 bits per heavy atom. The number of benzene rings is 2. The Bertz CT molecular complexity index is 1210. The molecule has 1 heterocycles. The van der Waals surface area contributed by atoms with Crippen LogP contribution in [0.2, 0.25) is 0 Å². The van der Waals surface area contributed by atoms with E-state index in [1.807, 2.05) is 52.9 Å². The van der Waals surface area contributed by atoms with E-state index < -0.39 is 5.97 Å². The van der Waals surface area contributed by atoms with Crippen molar-refractivity contribution < 1.29 is 14.3 Å². The highest BCUT2D eigenvalue weighted by Gasteiger charge is 2.14. The monoisotopic (exact) mass is 447 g/mol. The number of aliphatic imine (C=N–C) groups is 1. The molecule has 3 rings (SSSR count). The second-order valence-corrected chi connectivity index (χ2v) is 7.97. The zero-order valence-electron chi connectivity index (χ0n) is 19.8. The third-order valence-corrected chi connectivity index (χ3v) is 5.32. The first-order valence-electron chi connectivity index (χ1n) is 10.6. The molecule has 0 saturated carbocycles. The van der Waals surface area contributed by atoms with Crippen molar-refractivity contribution in [3.8, 4) is 0 Å². The number of anilines is 1. The maximum atomic E-state index is 13.0. The van der Waals surface area contributed by atoms with Crippen LogP contribution in [0, 0.1) is 27.7 Å². The van der Waals surface area contributed by atoms with Crippen LogP contribution in [0.3, 0.4) is 0 Å². The Kier molecular flexibility index (Phi) is 7.27. The number of rotatable bonds is 5. The van der Waals surface area contributed by atoms with E-state index in [9.17, 15) is 9.59 Å². The zero-order valence-corrected chi connectivity index (χ0v) is 19.8. The van der Waals surface area contributed by atoms with Gasteiger partial charge < -0.3 is 10.1 Å². The summed E-state index contributed by atoms with van der Waals surface area (Å²) in [5.74, 6) is -0.460. The number of hydrogen-bond acceptors (Lipinski definition) is 5. The van der Waals surface area contributed by atoms with Gasteiger partial charge in [-0.05, 0) is 58.0 Å². The lowest BCUT2D eigenvalue weighted by Gasteiger charge is -2.13. The Morgan fingerprint density at radius 1 is 1.03 bits per heavy atom. The maximum Gasteiger partial charge on any atom is 0.337 e. The average Bonchev–Trinajstić information content (AvgIpc) is 3.01. The zero-order chi connectivity index (χ0) is 24.1. The SMILES string of the molecule is COC(=O)c1cccc(NC(=NCc2c(C)nn(C)c2C)NC(=O)c2cc(C)cc(C)c2)c1. The van der Waals surface area contributed by atoms with Crippen molar-refractivity contribution in [1.29, 1.82) is 0 Å². The molecule has 3 aromatic rings. The highest BCUT2D eigenvalue weighted by Crippen LogP contribution is 2.15. The van der Waals surface area contributed by atoms with Crippen LogP contribution in [0.15, 0.2) is 47.5 Å². The first-order chi connectivity index (χ1) is 15.7. The number of guanidine groups is 1. The second-order valence-electron chi connectivity index (χ2n) is 7.97. The van der Waals surface area contributed by atoms with E-state index in [1.165, 1.54) is 7.11 Å². The molecule has 0 unspecified atom stereocenters. The molecule has 0 aliphatic rings. The number of nitrogens with one attached hydrogen (secondary N) is 2. The molecule has 0 aliphatic carbocycles. The molecule has 0 bridgehead atoms. The van der Waals surface area contributed by atoms with E-state index in [0.29, 0.717) is 23.4 Å². The molecule has 0 aliphatic heterocycles. The van der Waals surface area contributed by atoms with E-state index in [-0.39, 0.29) is 11.9 Å². The smallest absolute Gasteiger partial charge is 0.337 e. The maximum absolute atomic E-state index is 13.0. The van der Waals surface area contributed by atoms with Gasteiger partial charge in [0.25, 0.3) is 5.91 Å². The number of methoxy groups -OCH3 is 1. The fourth-order valence-electron chi connectivity index (χ4n) is 3.58. The van der Waals surface area contributed by atoms with Crippen LogP contribution < -0.4 is 10.6 Å². The standard InChI is InChI=1S/C25H29N5O3/c1-15-10-16(2)12-20(11-15)23(31)28-25(26-14-22-17(3)29-30(5)18(22)4)27-21-9-7-8-19(13-21)24(32)33-6/h7-13H,14H2,1-6H3,(H2,26,27,28,31). The molecule has 0 saturated heterocycles. The van der Waals surface area contributed by atoms with Gasteiger partial charge in [0.1, 0.15) is 0 Å². The molecule has 8 heteroatoms. The number of aryl methyl sites for hydroxylation is 4. The summed E-state index contributed by atoms with van der Waals surface area (Å²) in [5, 5.41) is 10.4. The van der Waals surface area contributed by atoms with Gasteiger partial charge in [-0.1, -0.05) is 23.3 Å². The molecule has 2 aromatic carbocycles. The number of amides is 1. The minimum atomic E-state index is -0.446. The van der Waals surface area contributed by atoms with Crippen molar-refractivity contribution in [2.45, 2.75) is 34.2 Å². The predicted molar refractivity (Wildman–Crippen MR) is 129 cm³/mol. The van der Waals surface area contributed by atoms with Crippen LogP contribution in [0.4, 0.5) is 5.69 Å². The number of carbonyl (C=O) groups is 2. The molecule has 33 heavy (non-hydrogen) atoms. The van der Waals surface area contributed by atoms with Crippen LogP contribution in [0.25, 0.3) is 0 Å². The molecular weight excluding hydrogens is 418 g/mol. The molecule has 8 nitrogen and oxygen atoms in total. The van der Waals surface area contributed by atoms with E-state index in [1.54, 1.807) is 28.9 Å². The van der Waals surface area contributed by atoms with Gasteiger partial charge in [0.15, 0.2) is 0 Å². The Labute approximate surface area is 193 Å². The number of aromatic nitrogens is 2. The summed E-state index contributed by atoms with van der Waals surface area (Å²) in [7, 11) is 3.22. The van der Waals surface area contributed by atoms with Crippen LogP contribution in [-0.4, -0.2) is 34.7 Å². The van der Waals surface area contributed by atoms with E-state index in [2.05, 4.69) is 20.7 Å². The Hall–Kier alpha value is -3.94. The van der Waals surface area contributed by atoms with Crippen molar-refractivity contribution in [1.82, 2.24) is 15.1 Å². The van der Waals surface area contributed by atoms with Crippen molar-refractivity contribution in [3.05, 3.63) is 81.7 Å². The molecule has 172 valence electrons. The quantitative estimate of drug-likeness (QED) is 0.352. The van der Waals surface area contributed by atoms with Gasteiger partial charge in [-0.3, -0.25) is 14.8 Å². The molecule has 2 N–H and O–H groups in total. The van der Waals surface area contributed by atoms with Gasteiger partial charge in [0.2, 0.25) is 5.96 Å². The van der Waals surface area contributed by atoms with Crippen LogP contribution in [0.5, 0.6) is 0 Å². The third-order valence-electron chi connectivity index (χ3n) is 5.32. The summed E-state index contributed by atoms with van der Waals surface area (Å²) in [6.07, 6.45) is 0. The summed E-state index contributed by atoms with van der Waals surface area (Å²) in [5.41, 5.74) is 6.39. The minimum Gasteiger partial charge on any atom is -0.465 e. The van der Waals surface area contributed by atoms with Crippen molar-refractivity contribution in [2.75, 3.05) is 12.4 Å². The van der Waals surface area contributed by atoms with Crippen molar-refractivity contribution in [3.63, 3.8) is 0 Å². The number of esters is 1. The van der Waals surface area contributed by atoms with Gasteiger partial charge in [-0.25, -0.2) is 9.79 Å². The van der Waals surface area contributed by atoms with Gasteiger partial charge in [0.05, 0.1) is 24.9 Å². The first kappa shape index (κ1) is 23.7. The van der Waals surface area contributed by atoms with Crippen LogP contribution in [-0.2, 0) is 18.3 Å². The predicted octanol–water partition coefficient (Wildman–Crippen LogP) is 3.84. The lowest BCUT2D eigenvalue weighted by atomic mass is 10.1. The summed E-state index contributed by atoms with van der Waals surface area (Å²) in [6, 6.07) is 12.5. The lowest BCUT2D eigenvalue weighted by Crippen LogP contribution is -2.36. The molecule has 0 radical (unpaired) electrons. The molecule has 1 amide bonds. The van der Waals surface area contributed by atoms with Gasteiger partial charge in [0, 0.05) is 29.6 Å². The molecule has 0 fully saturated rings. The third kappa shape index (κ3) is 5.85. The molecule has 0 atom stereocenters. The average molecular weight is 448 g/mol. The number of carbonyl (C=O) groups excluding carboxylic acids is 2. The fraction of sp³-hybridized carbons (Fsp3) is 0.280. The molecular formula is C25H29N5O3. The fourth-order valence-corrected chi connectivity index (χ4v) is 3.58. The largest absolute Gasteiger partial charge is 0.465 e.